The number of carbonyl (C=O) groups is 1. The lowest BCUT2D eigenvalue weighted by molar-refractivity contribution is -0.122. The van der Waals surface area contributed by atoms with E-state index < -0.39 is 16.1 Å². The van der Waals surface area contributed by atoms with Gasteiger partial charge in [-0.1, -0.05) is 32.4 Å². The molecule has 0 aliphatic carbocycles. The average molecular weight is 350 g/mol. The predicted molar refractivity (Wildman–Crippen MR) is 89.3 cm³/mol. The van der Waals surface area contributed by atoms with E-state index in [9.17, 15) is 13.2 Å². The molecule has 0 aliphatic rings. The van der Waals surface area contributed by atoms with Crippen LogP contribution in [0.25, 0.3) is 0 Å². The molecule has 22 heavy (non-hydrogen) atoms. The summed E-state index contributed by atoms with van der Waals surface area (Å²) in [4.78, 5) is 11.9. The van der Waals surface area contributed by atoms with Gasteiger partial charge in [0.25, 0.3) is 0 Å². The van der Waals surface area contributed by atoms with Crippen molar-refractivity contribution in [3.05, 3.63) is 29.8 Å². The Morgan fingerprint density at radius 3 is 2.32 bits per heavy atom. The number of amides is 1. The molecule has 1 aromatic carbocycles. The fourth-order valence-electron chi connectivity index (χ4n) is 1.82. The highest BCUT2D eigenvalue weighted by atomic mass is 35.5. The number of carbonyl (C=O) groups excluding carboxylic acids is 1. The number of rotatable bonds is 8. The first-order valence-electron chi connectivity index (χ1n) is 7.02. The Kier molecular flexibility index (Phi) is 9.27. The summed E-state index contributed by atoms with van der Waals surface area (Å²) in [6, 6.07) is 5.89. The van der Waals surface area contributed by atoms with Crippen LogP contribution >= 0.6 is 12.4 Å². The molecule has 1 amide bonds. The van der Waals surface area contributed by atoms with Crippen LogP contribution in [0.4, 0.5) is 0 Å². The van der Waals surface area contributed by atoms with Gasteiger partial charge in [0.2, 0.25) is 15.9 Å². The smallest absolute Gasteiger partial charge is 0.240 e. The molecule has 0 radical (unpaired) electrons. The first-order chi connectivity index (χ1) is 9.90. The van der Waals surface area contributed by atoms with Gasteiger partial charge in [0.1, 0.15) is 0 Å². The second-order valence-electron chi connectivity index (χ2n) is 4.76. The first kappa shape index (κ1) is 20.9. The minimum absolute atomic E-state index is 0. The Morgan fingerprint density at radius 1 is 1.23 bits per heavy atom. The van der Waals surface area contributed by atoms with Gasteiger partial charge in [-0.15, -0.1) is 12.4 Å². The number of halogens is 1. The molecule has 0 bridgehead atoms. The van der Waals surface area contributed by atoms with Crippen molar-refractivity contribution in [3.8, 4) is 0 Å². The molecule has 0 saturated heterocycles. The van der Waals surface area contributed by atoms with Crippen molar-refractivity contribution < 1.29 is 13.2 Å². The monoisotopic (exact) mass is 349 g/mol. The van der Waals surface area contributed by atoms with Crippen LogP contribution < -0.4 is 15.8 Å². The van der Waals surface area contributed by atoms with Gasteiger partial charge in [-0.05, 0) is 24.1 Å². The number of benzene rings is 1. The second kappa shape index (κ2) is 9.78. The van der Waals surface area contributed by atoms with Crippen LogP contribution in [0.15, 0.2) is 29.2 Å². The second-order valence-corrected chi connectivity index (χ2v) is 6.53. The number of hydrogen-bond donors (Lipinski definition) is 3. The van der Waals surface area contributed by atoms with Crippen molar-refractivity contribution >= 4 is 28.3 Å². The van der Waals surface area contributed by atoms with E-state index in [-0.39, 0.29) is 23.2 Å². The molecule has 0 heterocycles. The topological polar surface area (TPSA) is 101 Å². The van der Waals surface area contributed by atoms with Gasteiger partial charge in [-0.25, -0.2) is 13.1 Å². The zero-order valence-corrected chi connectivity index (χ0v) is 14.5. The third-order valence-electron chi connectivity index (χ3n) is 2.97. The van der Waals surface area contributed by atoms with Gasteiger partial charge in [-0.2, -0.15) is 0 Å². The van der Waals surface area contributed by atoms with E-state index in [1.807, 2.05) is 6.92 Å². The third-order valence-corrected chi connectivity index (χ3v) is 4.53. The zero-order chi connectivity index (χ0) is 15.9. The van der Waals surface area contributed by atoms with Gasteiger partial charge in [0.15, 0.2) is 0 Å². The highest BCUT2D eigenvalue weighted by Crippen LogP contribution is 2.10. The molecule has 0 saturated carbocycles. The summed E-state index contributed by atoms with van der Waals surface area (Å²) in [5.74, 6) is -0.193. The molecule has 126 valence electrons. The molecular weight excluding hydrogens is 326 g/mol. The quantitative estimate of drug-likeness (QED) is 0.655. The number of hydrogen-bond acceptors (Lipinski definition) is 4. The minimum atomic E-state index is -3.44. The van der Waals surface area contributed by atoms with Gasteiger partial charge in [0.05, 0.1) is 10.9 Å². The molecule has 1 aromatic rings. The molecule has 0 aromatic heterocycles. The number of nitrogens with two attached hydrogens (primary N) is 1. The number of sulfonamides is 1. The van der Waals surface area contributed by atoms with Crippen molar-refractivity contribution in [2.24, 2.45) is 5.73 Å². The largest absolute Gasteiger partial charge is 0.351 e. The molecule has 4 N–H and O–H groups in total. The van der Waals surface area contributed by atoms with Crippen LogP contribution in [0.5, 0.6) is 0 Å². The van der Waals surface area contributed by atoms with Crippen molar-refractivity contribution in [2.75, 3.05) is 6.54 Å². The van der Waals surface area contributed by atoms with E-state index in [1.54, 1.807) is 19.1 Å². The highest BCUT2D eigenvalue weighted by molar-refractivity contribution is 7.89. The molecule has 6 nitrogen and oxygen atoms in total. The molecule has 1 atom stereocenters. The Hall–Kier alpha value is -1.15. The zero-order valence-electron chi connectivity index (χ0n) is 12.8. The first-order valence-corrected chi connectivity index (χ1v) is 8.51. The van der Waals surface area contributed by atoms with Crippen LogP contribution in [0.3, 0.4) is 0 Å². The van der Waals surface area contributed by atoms with Gasteiger partial charge >= 0.3 is 0 Å². The summed E-state index contributed by atoms with van der Waals surface area (Å²) in [6.07, 6.45) is 1.50. The van der Waals surface area contributed by atoms with Crippen molar-refractivity contribution in [1.82, 2.24) is 10.0 Å². The van der Waals surface area contributed by atoms with Crippen LogP contribution in [0.1, 0.15) is 32.3 Å². The maximum atomic E-state index is 11.8. The Labute approximate surface area is 138 Å². The summed E-state index contributed by atoms with van der Waals surface area (Å²) < 4.78 is 26.0. The van der Waals surface area contributed by atoms with E-state index in [2.05, 4.69) is 10.0 Å². The van der Waals surface area contributed by atoms with E-state index in [4.69, 9.17) is 5.73 Å². The molecule has 0 aliphatic heterocycles. The SMILES string of the molecule is CCCC(N)C(=O)NCc1ccc(S(=O)(=O)NCC)cc1.Cl. The molecule has 1 rings (SSSR count). The summed E-state index contributed by atoms with van der Waals surface area (Å²) in [6.45, 7) is 4.37. The minimum Gasteiger partial charge on any atom is -0.351 e. The molecule has 0 fully saturated rings. The molecule has 8 heteroatoms. The van der Waals surface area contributed by atoms with Crippen molar-refractivity contribution in [2.45, 2.75) is 44.2 Å². The van der Waals surface area contributed by atoms with Gasteiger partial charge in [-0.3, -0.25) is 4.79 Å². The van der Waals surface area contributed by atoms with Crippen LogP contribution in [0.2, 0.25) is 0 Å². The van der Waals surface area contributed by atoms with E-state index >= 15 is 0 Å². The van der Waals surface area contributed by atoms with E-state index in [0.29, 0.717) is 19.5 Å². The summed E-state index contributed by atoms with van der Waals surface area (Å²) in [7, 11) is -3.44. The summed E-state index contributed by atoms with van der Waals surface area (Å²) >= 11 is 0. The fourth-order valence-corrected chi connectivity index (χ4v) is 2.86. The van der Waals surface area contributed by atoms with Crippen LogP contribution in [-0.2, 0) is 21.4 Å². The van der Waals surface area contributed by atoms with E-state index in [0.717, 1.165) is 12.0 Å². The lowest BCUT2D eigenvalue weighted by atomic mass is 10.1. The Balaban J connectivity index is 0.00000441. The summed E-state index contributed by atoms with van der Waals surface area (Å²) in [5, 5.41) is 2.74. The van der Waals surface area contributed by atoms with Gasteiger partial charge < -0.3 is 11.1 Å². The predicted octanol–water partition coefficient (Wildman–Crippen LogP) is 1.15. The van der Waals surface area contributed by atoms with Crippen LogP contribution in [-0.4, -0.2) is 26.9 Å². The maximum Gasteiger partial charge on any atom is 0.240 e. The lowest BCUT2D eigenvalue weighted by Gasteiger charge is -2.11. The van der Waals surface area contributed by atoms with Gasteiger partial charge in [0, 0.05) is 13.1 Å². The van der Waals surface area contributed by atoms with Crippen molar-refractivity contribution in [3.63, 3.8) is 0 Å². The summed E-state index contributed by atoms with van der Waals surface area (Å²) in [5.41, 5.74) is 6.53. The Morgan fingerprint density at radius 2 is 1.82 bits per heavy atom. The van der Waals surface area contributed by atoms with Crippen molar-refractivity contribution in [1.29, 1.82) is 0 Å². The fraction of sp³-hybridized carbons (Fsp3) is 0.500. The highest BCUT2D eigenvalue weighted by Gasteiger charge is 2.13. The lowest BCUT2D eigenvalue weighted by Crippen LogP contribution is -2.40. The average Bonchev–Trinajstić information content (AvgIpc) is 2.45. The normalized spacial score (nSPS) is 12.3. The van der Waals surface area contributed by atoms with Crippen LogP contribution in [0, 0.1) is 0 Å². The standard InChI is InChI=1S/C14H23N3O3S.ClH/c1-3-5-13(15)14(18)16-10-11-6-8-12(9-7-11)21(19,20)17-4-2;/h6-9,13,17H,3-5,10,15H2,1-2H3,(H,16,18);1H. The molecular formula is C14H24ClN3O3S. The maximum absolute atomic E-state index is 11.8. The van der Waals surface area contributed by atoms with E-state index in [1.165, 1.54) is 12.1 Å². The number of nitrogens with one attached hydrogen (secondary N) is 2. The Bertz CT molecular complexity index is 561. The third kappa shape index (κ3) is 6.31. The molecule has 1 unspecified atom stereocenters. The molecule has 0 spiro atoms.